The fourth-order valence-corrected chi connectivity index (χ4v) is 4.70. The maximum Gasteiger partial charge on any atom is 0.264 e. The van der Waals surface area contributed by atoms with Crippen molar-refractivity contribution in [2.45, 2.75) is 19.4 Å². The predicted molar refractivity (Wildman–Crippen MR) is 133 cm³/mol. The number of methoxy groups -OCH3 is 1. The van der Waals surface area contributed by atoms with Gasteiger partial charge in [-0.3, -0.25) is 4.79 Å². The van der Waals surface area contributed by atoms with Gasteiger partial charge < -0.3 is 14.4 Å². The summed E-state index contributed by atoms with van der Waals surface area (Å²) >= 11 is 1.48. The molecule has 1 aliphatic carbocycles. The highest BCUT2D eigenvalue weighted by atomic mass is 32.1. The van der Waals surface area contributed by atoms with E-state index in [4.69, 9.17) is 14.6 Å². The SMILES string of the molecule is COc1cccc(Oc2c(CN(CC3CC3)C(=O)c3cccs3)c(-c3ccccc3)nn2C)c1. The molecule has 1 fully saturated rings. The molecule has 4 aromatic rings. The lowest BCUT2D eigenvalue weighted by atomic mass is 10.1. The van der Waals surface area contributed by atoms with Gasteiger partial charge in [-0.25, -0.2) is 4.68 Å². The average molecular weight is 474 g/mol. The zero-order chi connectivity index (χ0) is 23.5. The van der Waals surface area contributed by atoms with Gasteiger partial charge in [-0.15, -0.1) is 11.3 Å². The summed E-state index contributed by atoms with van der Waals surface area (Å²) in [5, 5.41) is 6.76. The largest absolute Gasteiger partial charge is 0.497 e. The van der Waals surface area contributed by atoms with Crippen LogP contribution in [0.15, 0.2) is 72.1 Å². The monoisotopic (exact) mass is 473 g/mol. The number of carbonyl (C=O) groups is 1. The number of hydrogen-bond donors (Lipinski definition) is 0. The van der Waals surface area contributed by atoms with E-state index < -0.39 is 0 Å². The van der Waals surface area contributed by atoms with Crippen LogP contribution in [-0.2, 0) is 13.6 Å². The van der Waals surface area contributed by atoms with Crippen molar-refractivity contribution in [3.63, 3.8) is 0 Å². The molecule has 0 unspecified atom stereocenters. The summed E-state index contributed by atoms with van der Waals surface area (Å²) in [4.78, 5) is 16.1. The molecule has 0 bridgehead atoms. The Balaban J connectivity index is 1.55. The first-order valence-electron chi connectivity index (χ1n) is 11.4. The van der Waals surface area contributed by atoms with E-state index >= 15 is 0 Å². The molecule has 0 radical (unpaired) electrons. The Labute approximate surface area is 203 Å². The highest BCUT2D eigenvalue weighted by Gasteiger charge is 2.30. The minimum absolute atomic E-state index is 0.0529. The van der Waals surface area contributed by atoms with Crippen LogP contribution in [-0.4, -0.2) is 34.2 Å². The van der Waals surface area contributed by atoms with E-state index in [9.17, 15) is 4.79 Å². The van der Waals surface area contributed by atoms with Crippen molar-refractivity contribution < 1.29 is 14.3 Å². The number of nitrogens with zero attached hydrogens (tertiary/aromatic N) is 3. The second-order valence-electron chi connectivity index (χ2n) is 8.51. The van der Waals surface area contributed by atoms with Crippen molar-refractivity contribution in [1.29, 1.82) is 0 Å². The van der Waals surface area contributed by atoms with Crippen LogP contribution in [0, 0.1) is 5.92 Å². The van der Waals surface area contributed by atoms with E-state index in [0.717, 1.165) is 28.2 Å². The van der Waals surface area contributed by atoms with Gasteiger partial charge in [0, 0.05) is 25.2 Å². The summed E-state index contributed by atoms with van der Waals surface area (Å²) in [5.74, 6) is 2.60. The molecular formula is C27H27N3O3S. The minimum atomic E-state index is 0.0529. The normalized spacial score (nSPS) is 13.0. The van der Waals surface area contributed by atoms with Crippen LogP contribution in [0.5, 0.6) is 17.4 Å². The van der Waals surface area contributed by atoms with Gasteiger partial charge in [-0.05, 0) is 42.3 Å². The third-order valence-corrected chi connectivity index (χ3v) is 6.79. The Morgan fingerprint density at radius 2 is 1.88 bits per heavy atom. The van der Waals surface area contributed by atoms with Crippen LogP contribution in [0.25, 0.3) is 11.3 Å². The molecule has 0 aliphatic heterocycles. The van der Waals surface area contributed by atoms with Crippen molar-refractivity contribution in [3.05, 3.63) is 82.6 Å². The third-order valence-electron chi connectivity index (χ3n) is 5.93. The molecule has 0 spiro atoms. The molecule has 2 aromatic carbocycles. The number of aromatic nitrogens is 2. The number of ether oxygens (including phenoxy) is 2. The fraction of sp³-hybridized carbons (Fsp3) is 0.259. The highest BCUT2D eigenvalue weighted by Crippen LogP contribution is 2.37. The number of aryl methyl sites for hydroxylation is 1. The van der Waals surface area contributed by atoms with Crippen LogP contribution in [0.1, 0.15) is 28.1 Å². The Kier molecular flexibility index (Phi) is 6.36. The highest BCUT2D eigenvalue weighted by molar-refractivity contribution is 7.12. The van der Waals surface area contributed by atoms with Gasteiger partial charge in [-0.1, -0.05) is 42.5 Å². The van der Waals surface area contributed by atoms with Crippen LogP contribution >= 0.6 is 11.3 Å². The Bertz CT molecular complexity index is 1260. The maximum atomic E-state index is 13.4. The molecule has 0 atom stereocenters. The second-order valence-corrected chi connectivity index (χ2v) is 9.46. The summed E-state index contributed by atoms with van der Waals surface area (Å²) in [7, 11) is 3.51. The molecule has 174 valence electrons. The maximum absolute atomic E-state index is 13.4. The standard InChI is InChI=1S/C27H27N3O3S/c1-29-27(33-22-11-6-10-21(16-22)32-2)23(25(28-29)20-8-4-3-5-9-20)18-30(17-19-13-14-19)26(31)24-12-7-15-34-24/h3-12,15-16,19H,13-14,17-18H2,1-2H3. The van der Waals surface area contributed by atoms with Crippen LogP contribution in [0.3, 0.4) is 0 Å². The Morgan fingerprint density at radius 1 is 1.09 bits per heavy atom. The average Bonchev–Trinajstić information content (AvgIpc) is 3.41. The molecule has 1 saturated carbocycles. The van der Waals surface area contributed by atoms with Crippen molar-refractivity contribution in [2.24, 2.45) is 13.0 Å². The molecule has 5 rings (SSSR count). The third kappa shape index (κ3) is 4.84. The Morgan fingerprint density at radius 3 is 2.59 bits per heavy atom. The van der Waals surface area contributed by atoms with Gasteiger partial charge in [0.25, 0.3) is 5.91 Å². The van der Waals surface area contributed by atoms with E-state index in [2.05, 4.69) is 0 Å². The summed E-state index contributed by atoms with van der Waals surface area (Å²) < 4.78 is 13.5. The molecule has 34 heavy (non-hydrogen) atoms. The molecule has 2 aromatic heterocycles. The van der Waals surface area contributed by atoms with E-state index in [-0.39, 0.29) is 5.91 Å². The number of thiophene rings is 1. The van der Waals surface area contributed by atoms with Crippen LogP contribution < -0.4 is 9.47 Å². The van der Waals surface area contributed by atoms with Gasteiger partial charge in [0.15, 0.2) is 0 Å². The quantitative estimate of drug-likeness (QED) is 0.299. The molecule has 0 N–H and O–H groups in total. The second kappa shape index (κ2) is 9.73. The number of benzene rings is 2. The summed E-state index contributed by atoms with van der Waals surface area (Å²) in [6.45, 7) is 1.16. The fourth-order valence-electron chi connectivity index (χ4n) is 4.01. The van der Waals surface area contributed by atoms with Gasteiger partial charge in [-0.2, -0.15) is 5.10 Å². The van der Waals surface area contributed by atoms with E-state index in [1.54, 1.807) is 11.8 Å². The first-order chi connectivity index (χ1) is 16.6. The van der Waals surface area contributed by atoms with E-state index in [1.165, 1.54) is 24.2 Å². The zero-order valence-electron chi connectivity index (χ0n) is 19.3. The van der Waals surface area contributed by atoms with Gasteiger partial charge in [0.1, 0.15) is 17.2 Å². The topological polar surface area (TPSA) is 56.6 Å². The lowest BCUT2D eigenvalue weighted by Gasteiger charge is -2.23. The molecule has 0 saturated heterocycles. The number of rotatable bonds is 9. The zero-order valence-corrected chi connectivity index (χ0v) is 20.1. The molecular weight excluding hydrogens is 446 g/mol. The van der Waals surface area contributed by atoms with Crippen molar-refractivity contribution in [1.82, 2.24) is 14.7 Å². The van der Waals surface area contributed by atoms with Gasteiger partial charge >= 0.3 is 0 Å². The van der Waals surface area contributed by atoms with E-state index in [0.29, 0.717) is 29.8 Å². The number of amides is 1. The lowest BCUT2D eigenvalue weighted by molar-refractivity contribution is 0.0739. The smallest absolute Gasteiger partial charge is 0.264 e. The Hall–Kier alpha value is -3.58. The molecule has 7 heteroatoms. The van der Waals surface area contributed by atoms with Gasteiger partial charge in [0.2, 0.25) is 5.88 Å². The van der Waals surface area contributed by atoms with Crippen molar-refractivity contribution >= 4 is 17.2 Å². The first-order valence-corrected chi connectivity index (χ1v) is 12.3. The molecule has 1 amide bonds. The first kappa shape index (κ1) is 22.2. The van der Waals surface area contributed by atoms with Gasteiger partial charge in [0.05, 0.1) is 24.1 Å². The summed E-state index contributed by atoms with van der Waals surface area (Å²) in [6.07, 6.45) is 2.33. The van der Waals surface area contributed by atoms with Crippen LogP contribution in [0.2, 0.25) is 0 Å². The number of carbonyl (C=O) groups excluding carboxylic acids is 1. The van der Waals surface area contributed by atoms with E-state index in [1.807, 2.05) is 84.1 Å². The minimum Gasteiger partial charge on any atom is -0.497 e. The van der Waals surface area contributed by atoms with Crippen LogP contribution in [0.4, 0.5) is 0 Å². The lowest BCUT2D eigenvalue weighted by Crippen LogP contribution is -2.32. The number of hydrogen-bond acceptors (Lipinski definition) is 5. The molecule has 2 heterocycles. The summed E-state index contributed by atoms with van der Waals surface area (Å²) in [6, 6.07) is 21.4. The van der Waals surface area contributed by atoms with Crippen molar-refractivity contribution in [2.75, 3.05) is 13.7 Å². The van der Waals surface area contributed by atoms with Crippen molar-refractivity contribution in [3.8, 4) is 28.6 Å². The molecule has 1 aliphatic rings. The predicted octanol–water partition coefficient (Wildman–Crippen LogP) is 6.00. The summed E-state index contributed by atoms with van der Waals surface area (Å²) in [5.41, 5.74) is 2.70. The molecule has 6 nitrogen and oxygen atoms in total.